The van der Waals surface area contributed by atoms with Crippen LogP contribution in [0.2, 0.25) is 0 Å². The van der Waals surface area contributed by atoms with E-state index in [0.29, 0.717) is 37.4 Å². The Balaban J connectivity index is 1.41. The predicted molar refractivity (Wildman–Crippen MR) is 115 cm³/mol. The van der Waals surface area contributed by atoms with Crippen LogP contribution in [0.15, 0.2) is 54.7 Å². The maximum absolute atomic E-state index is 12.3. The number of aryl methyl sites for hydroxylation is 1. The molecule has 31 heavy (non-hydrogen) atoms. The van der Waals surface area contributed by atoms with E-state index >= 15 is 0 Å². The number of methoxy groups -OCH3 is 2. The summed E-state index contributed by atoms with van der Waals surface area (Å²) in [6, 6.07) is 14.7. The highest BCUT2D eigenvalue weighted by Crippen LogP contribution is 2.17. The van der Waals surface area contributed by atoms with Gasteiger partial charge in [0.05, 0.1) is 27.0 Å². The van der Waals surface area contributed by atoms with Crippen molar-refractivity contribution in [3.8, 4) is 11.5 Å². The first-order chi connectivity index (χ1) is 15.1. The highest BCUT2D eigenvalue weighted by Gasteiger charge is 2.12. The molecule has 2 N–H and O–H groups in total. The molecule has 0 atom stereocenters. The van der Waals surface area contributed by atoms with E-state index < -0.39 is 0 Å². The topological polar surface area (TPSA) is 107 Å². The van der Waals surface area contributed by atoms with Crippen LogP contribution < -0.4 is 20.1 Å². The molecule has 0 unspecified atom stereocenters. The van der Waals surface area contributed by atoms with Gasteiger partial charge in [0, 0.05) is 24.7 Å². The Kier molecular flexibility index (Phi) is 7.58. The SMILES string of the molecule is COc1ccc(CCC(=O)NCCn2cc(C(=O)Nc3cccc(OC)c3)nn2)cc1. The maximum Gasteiger partial charge on any atom is 0.277 e. The van der Waals surface area contributed by atoms with Crippen molar-refractivity contribution in [3.05, 3.63) is 66.0 Å². The molecule has 0 aliphatic carbocycles. The Morgan fingerprint density at radius 3 is 2.55 bits per heavy atom. The molecule has 0 fully saturated rings. The predicted octanol–water partition coefficient (Wildman–Crippen LogP) is 2.30. The normalized spacial score (nSPS) is 10.4. The van der Waals surface area contributed by atoms with Crippen LogP contribution in [0.5, 0.6) is 11.5 Å². The molecule has 2 aromatic carbocycles. The van der Waals surface area contributed by atoms with Gasteiger partial charge in [-0.3, -0.25) is 9.59 Å². The number of hydrogen-bond acceptors (Lipinski definition) is 6. The van der Waals surface area contributed by atoms with E-state index in [-0.39, 0.29) is 17.5 Å². The lowest BCUT2D eigenvalue weighted by molar-refractivity contribution is -0.121. The molecule has 162 valence electrons. The summed E-state index contributed by atoms with van der Waals surface area (Å²) in [6.07, 6.45) is 2.57. The zero-order valence-electron chi connectivity index (χ0n) is 17.5. The molecule has 0 saturated heterocycles. The Labute approximate surface area is 180 Å². The standard InChI is InChI=1S/C22H25N5O4/c1-30-18-9-6-16(7-10-18)8-11-21(28)23-12-13-27-15-20(25-26-27)22(29)24-17-4-3-5-19(14-17)31-2/h3-7,9-10,14-15H,8,11-13H2,1-2H3,(H,23,28)(H,24,29). The van der Waals surface area contributed by atoms with Gasteiger partial charge in [-0.1, -0.05) is 23.4 Å². The number of amides is 2. The second kappa shape index (κ2) is 10.8. The molecule has 9 nitrogen and oxygen atoms in total. The molecule has 2 amide bonds. The lowest BCUT2D eigenvalue weighted by Crippen LogP contribution is -2.27. The Morgan fingerprint density at radius 1 is 1.03 bits per heavy atom. The van der Waals surface area contributed by atoms with Crippen LogP contribution in [0.4, 0.5) is 5.69 Å². The first kappa shape index (κ1) is 21.8. The molecule has 3 aromatic rings. The second-order valence-corrected chi connectivity index (χ2v) is 6.75. The highest BCUT2D eigenvalue weighted by atomic mass is 16.5. The molecule has 1 aromatic heterocycles. The fraction of sp³-hybridized carbons (Fsp3) is 0.273. The van der Waals surface area contributed by atoms with Crippen molar-refractivity contribution in [2.45, 2.75) is 19.4 Å². The Bertz CT molecular complexity index is 1020. The summed E-state index contributed by atoms with van der Waals surface area (Å²) in [5.41, 5.74) is 1.86. The third kappa shape index (κ3) is 6.56. The van der Waals surface area contributed by atoms with Gasteiger partial charge >= 0.3 is 0 Å². The summed E-state index contributed by atoms with van der Waals surface area (Å²) in [6.45, 7) is 0.801. The summed E-state index contributed by atoms with van der Waals surface area (Å²) < 4.78 is 11.8. The summed E-state index contributed by atoms with van der Waals surface area (Å²) in [7, 11) is 3.18. The van der Waals surface area contributed by atoms with E-state index in [4.69, 9.17) is 9.47 Å². The molecule has 1 heterocycles. The smallest absolute Gasteiger partial charge is 0.277 e. The van der Waals surface area contributed by atoms with Gasteiger partial charge in [0.1, 0.15) is 11.5 Å². The van der Waals surface area contributed by atoms with E-state index in [1.807, 2.05) is 24.3 Å². The highest BCUT2D eigenvalue weighted by molar-refractivity contribution is 6.02. The Hall–Kier alpha value is -3.88. The van der Waals surface area contributed by atoms with Crippen LogP contribution in [-0.4, -0.2) is 47.6 Å². The van der Waals surface area contributed by atoms with Gasteiger partial charge in [-0.25, -0.2) is 4.68 Å². The van der Waals surface area contributed by atoms with E-state index in [2.05, 4.69) is 20.9 Å². The molecule has 0 spiro atoms. The molecule has 0 aliphatic heterocycles. The first-order valence-corrected chi connectivity index (χ1v) is 9.82. The van der Waals surface area contributed by atoms with Gasteiger partial charge in [-0.2, -0.15) is 0 Å². The molecule has 0 aliphatic rings. The number of nitrogens with zero attached hydrogens (tertiary/aromatic N) is 3. The number of anilines is 1. The summed E-state index contributed by atoms with van der Waals surface area (Å²) >= 11 is 0. The summed E-state index contributed by atoms with van der Waals surface area (Å²) in [5, 5.41) is 13.4. The third-order valence-corrected chi connectivity index (χ3v) is 4.56. The molecule has 9 heteroatoms. The number of rotatable bonds is 10. The lowest BCUT2D eigenvalue weighted by atomic mass is 10.1. The number of aromatic nitrogens is 3. The van der Waals surface area contributed by atoms with Gasteiger partial charge in [-0.15, -0.1) is 5.10 Å². The van der Waals surface area contributed by atoms with Gasteiger partial charge in [-0.05, 0) is 36.2 Å². The average Bonchev–Trinajstić information content (AvgIpc) is 3.27. The van der Waals surface area contributed by atoms with Crippen molar-refractivity contribution < 1.29 is 19.1 Å². The van der Waals surface area contributed by atoms with Crippen molar-refractivity contribution >= 4 is 17.5 Å². The maximum atomic E-state index is 12.3. The third-order valence-electron chi connectivity index (χ3n) is 4.56. The van der Waals surface area contributed by atoms with Crippen LogP contribution in [0.1, 0.15) is 22.5 Å². The van der Waals surface area contributed by atoms with E-state index in [1.165, 1.54) is 4.68 Å². The molecule has 0 bridgehead atoms. The summed E-state index contributed by atoms with van der Waals surface area (Å²) in [5.74, 6) is 1.01. The van der Waals surface area contributed by atoms with Crippen LogP contribution in [0, 0.1) is 0 Å². The number of benzene rings is 2. The van der Waals surface area contributed by atoms with Crippen LogP contribution >= 0.6 is 0 Å². The number of hydrogen-bond donors (Lipinski definition) is 2. The van der Waals surface area contributed by atoms with E-state index in [9.17, 15) is 9.59 Å². The van der Waals surface area contributed by atoms with E-state index in [0.717, 1.165) is 11.3 Å². The quantitative estimate of drug-likeness (QED) is 0.518. The number of carbonyl (C=O) groups excluding carboxylic acids is 2. The van der Waals surface area contributed by atoms with Crippen molar-refractivity contribution in [2.75, 3.05) is 26.1 Å². The molecule has 0 radical (unpaired) electrons. The fourth-order valence-electron chi connectivity index (χ4n) is 2.86. The van der Waals surface area contributed by atoms with Gasteiger partial charge in [0.25, 0.3) is 5.91 Å². The van der Waals surface area contributed by atoms with Crippen molar-refractivity contribution in [1.82, 2.24) is 20.3 Å². The molecular formula is C22H25N5O4. The minimum absolute atomic E-state index is 0.0491. The Morgan fingerprint density at radius 2 is 1.81 bits per heavy atom. The first-order valence-electron chi connectivity index (χ1n) is 9.82. The number of ether oxygens (including phenoxy) is 2. The minimum Gasteiger partial charge on any atom is -0.497 e. The van der Waals surface area contributed by atoms with Crippen molar-refractivity contribution in [2.24, 2.45) is 0 Å². The van der Waals surface area contributed by atoms with Crippen LogP contribution in [-0.2, 0) is 17.8 Å². The van der Waals surface area contributed by atoms with Crippen LogP contribution in [0.3, 0.4) is 0 Å². The zero-order chi connectivity index (χ0) is 22.1. The van der Waals surface area contributed by atoms with Crippen LogP contribution in [0.25, 0.3) is 0 Å². The molecular weight excluding hydrogens is 398 g/mol. The number of carbonyl (C=O) groups is 2. The molecule has 0 saturated carbocycles. The van der Waals surface area contributed by atoms with Crippen molar-refractivity contribution in [3.63, 3.8) is 0 Å². The average molecular weight is 423 g/mol. The van der Waals surface area contributed by atoms with Gasteiger partial charge in [0.2, 0.25) is 5.91 Å². The number of nitrogens with one attached hydrogen (secondary N) is 2. The van der Waals surface area contributed by atoms with Crippen molar-refractivity contribution in [1.29, 1.82) is 0 Å². The fourth-order valence-corrected chi connectivity index (χ4v) is 2.86. The second-order valence-electron chi connectivity index (χ2n) is 6.75. The lowest BCUT2D eigenvalue weighted by Gasteiger charge is -2.06. The van der Waals surface area contributed by atoms with E-state index in [1.54, 1.807) is 44.7 Å². The zero-order valence-corrected chi connectivity index (χ0v) is 17.5. The largest absolute Gasteiger partial charge is 0.497 e. The summed E-state index contributed by atoms with van der Waals surface area (Å²) in [4.78, 5) is 24.4. The molecule has 3 rings (SSSR count). The minimum atomic E-state index is -0.372. The monoisotopic (exact) mass is 423 g/mol. The van der Waals surface area contributed by atoms with Gasteiger partial charge in [0.15, 0.2) is 5.69 Å². The van der Waals surface area contributed by atoms with Gasteiger partial charge < -0.3 is 20.1 Å².